The number of alkyl halides is 3. The minimum absolute atomic E-state index is 0.149. The van der Waals surface area contributed by atoms with Gasteiger partial charge in [-0.3, -0.25) is 4.79 Å². The van der Waals surface area contributed by atoms with Gasteiger partial charge < -0.3 is 10.6 Å². The number of hydrogen-bond acceptors (Lipinski definition) is 5. The van der Waals surface area contributed by atoms with Crippen molar-refractivity contribution in [1.82, 2.24) is 4.72 Å². The van der Waals surface area contributed by atoms with Crippen LogP contribution in [0.3, 0.4) is 0 Å². The molecule has 3 N–H and O–H groups in total. The van der Waals surface area contributed by atoms with Crippen LogP contribution in [0.1, 0.15) is 27.7 Å². The second kappa shape index (κ2) is 8.73. The number of carbonyl (C=O) groups excluding carboxylic acids is 1. The van der Waals surface area contributed by atoms with Crippen molar-refractivity contribution in [3.8, 4) is 0 Å². The van der Waals surface area contributed by atoms with Crippen LogP contribution in [0.4, 0.5) is 24.5 Å². The van der Waals surface area contributed by atoms with Gasteiger partial charge in [-0.1, -0.05) is 18.2 Å². The molecule has 4 rings (SSSR count). The maximum Gasteiger partial charge on any atom is 0.416 e. The van der Waals surface area contributed by atoms with E-state index in [4.69, 9.17) is 0 Å². The number of fused-ring (bicyclic) bond motifs is 1. The van der Waals surface area contributed by atoms with Crippen molar-refractivity contribution < 1.29 is 26.4 Å². The third kappa shape index (κ3) is 5.00. The zero-order chi connectivity index (χ0) is 23.8. The molecule has 0 saturated heterocycles. The van der Waals surface area contributed by atoms with Crippen LogP contribution in [-0.2, 0) is 16.2 Å². The van der Waals surface area contributed by atoms with E-state index in [1.54, 1.807) is 17.8 Å². The van der Waals surface area contributed by atoms with Gasteiger partial charge in [-0.05, 0) is 60.4 Å². The fourth-order valence-electron chi connectivity index (χ4n) is 3.34. The number of hydrogen-bond donors (Lipinski definition) is 3. The first-order chi connectivity index (χ1) is 15.6. The SMILES string of the molecule is CSc1cccc(NC(=O)c2ccc([C@@H]3Nc4cc(C(F)(F)F)ccc4S(=O)(=O)N3)cc2)c1. The molecule has 1 aliphatic rings. The lowest BCUT2D eigenvalue weighted by atomic mass is 10.1. The Labute approximate surface area is 192 Å². The lowest BCUT2D eigenvalue weighted by Crippen LogP contribution is -2.38. The summed E-state index contributed by atoms with van der Waals surface area (Å²) in [4.78, 5) is 13.3. The van der Waals surface area contributed by atoms with E-state index in [9.17, 15) is 26.4 Å². The zero-order valence-corrected chi connectivity index (χ0v) is 18.7. The van der Waals surface area contributed by atoms with Crippen LogP contribution < -0.4 is 15.4 Å². The highest BCUT2D eigenvalue weighted by atomic mass is 32.2. The highest BCUT2D eigenvalue weighted by molar-refractivity contribution is 7.98. The van der Waals surface area contributed by atoms with E-state index >= 15 is 0 Å². The molecule has 0 spiro atoms. The van der Waals surface area contributed by atoms with Gasteiger partial charge >= 0.3 is 6.18 Å². The van der Waals surface area contributed by atoms with Crippen LogP contribution in [0, 0.1) is 0 Å². The predicted molar refractivity (Wildman–Crippen MR) is 121 cm³/mol. The Hall–Kier alpha value is -3.02. The Balaban J connectivity index is 1.55. The smallest absolute Gasteiger partial charge is 0.364 e. The van der Waals surface area contributed by atoms with Crippen LogP contribution in [0.5, 0.6) is 0 Å². The van der Waals surface area contributed by atoms with E-state index < -0.39 is 27.9 Å². The molecule has 172 valence electrons. The van der Waals surface area contributed by atoms with E-state index in [2.05, 4.69) is 15.4 Å². The van der Waals surface area contributed by atoms with E-state index in [0.717, 1.165) is 23.1 Å². The average Bonchev–Trinajstić information content (AvgIpc) is 2.78. The summed E-state index contributed by atoms with van der Waals surface area (Å²) in [6.07, 6.45) is -3.68. The summed E-state index contributed by atoms with van der Waals surface area (Å²) in [5.41, 5.74) is 0.301. The molecule has 1 atom stereocenters. The molecule has 0 fully saturated rings. The second-order valence-corrected chi connectivity index (χ2v) is 9.78. The monoisotopic (exact) mass is 493 g/mol. The number of sulfonamides is 1. The largest absolute Gasteiger partial charge is 0.416 e. The number of carbonyl (C=O) groups is 1. The van der Waals surface area contributed by atoms with Gasteiger partial charge in [0, 0.05) is 16.1 Å². The Morgan fingerprint density at radius 3 is 2.42 bits per heavy atom. The van der Waals surface area contributed by atoms with Gasteiger partial charge in [-0.2, -0.15) is 17.9 Å². The summed E-state index contributed by atoms with van der Waals surface area (Å²) >= 11 is 1.54. The van der Waals surface area contributed by atoms with E-state index in [1.807, 2.05) is 24.5 Å². The minimum Gasteiger partial charge on any atom is -0.364 e. The summed E-state index contributed by atoms with van der Waals surface area (Å²) in [6.45, 7) is 0. The summed E-state index contributed by atoms with van der Waals surface area (Å²) in [6, 6.07) is 15.9. The number of anilines is 2. The maximum absolute atomic E-state index is 13.1. The average molecular weight is 494 g/mol. The number of nitrogens with one attached hydrogen (secondary N) is 3. The number of benzene rings is 3. The number of halogens is 3. The van der Waals surface area contributed by atoms with Crippen LogP contribution in [0.15, 0.2) is 76.5 Å². The molecule has 0 aliphatic carbocycles. The number of amides is 1. The highest BCUT2D eigenvalue weighted by Gasteiger charge is 2.35. The topological polar surface area (TPSA) is 87.3 Å². The fourth-order valence-corrected chi connectivity index (χ4v) is 5.09. The second-order valence-electron chi connectivity index (χ2n) is 7.22. The molecule has 0 aromatic heterocycles. The summed E-state index contributed by atoms with van der Waals surface area (Å²) < 4.78 is 66.7. The van der Waals surface area contributed by atoms with E-state index in [1.165, 1.54) is 24.3 Å². The predicted octanol–water partition coefficient (Wildman–Crippen LogP) is 5.08. The molecular weight excluding hydrogens is 475 g/mol. The van der Waals surface area contributed by atoms with Crippen LogP contribution in [-0.4, -0.2) is 20.6 Å². The molecule has 0 saturated carbocycles. The minimum atomic E-state index is -4.61. The third-order valence-corrected chi connectivity index (χ3v) is 7.21. The Kier molecular flexibility index (Phi) is 6.12. The molecule has 1 aliphatic heterocycles. The van der Waals surface area contributed by atoms with E-state index in [0.29, 0.717) is 16.8 Å². The Morgan fingerprint density at radius 1 is 1.03 bits per heavy atom. The maximum atomic E-state index is 13.1. The van der Waals surface area contributed by atoms with Gasteiger partial charge in [0.15, 0.2) is 0 Å². The number of rotatable bonds is 4. The van der Waals surface area contributed by atoms with Crippen molar-refractivity contribution in [2.45, 2.75) is 22.1 Å². The summed E-state index contributed by atoms with van der Waals surface area (Å²) in [5.74, 6) is -0.350. The van der Waals surface area contributed by atoms with Crippen LogP contribution in [0.25, 0.3) is 0 Å². The molecule has 1 heterocycles. The first-order valence-corrected chi connectivity index (χ1v) is 12.3. The summed E-state index contributed by atoms with van der Waals surface area (Å²) in [7, 11) is -4.04. The fraction of sp³-hybridized carbons (Fsp3) is 0.136. The highest BCUT2D eigenvalue weighted by Crippen LogP contribution is 2.37. The molecule has 33 heavy (non-hydrogen) atoms. The zero-order valence-electron chi connectivity index (χ0n) is 17.1. The number of thioether (sulfide) groups is 1. The van der Waals surface area contributed by atoms with Crippen molar-refractivity contribution >= 4 is 39.1 Å². The van der Waals surface area contributed by atoms with Crippen LogP contribution >= 0.6 is 11.8 Å². The van der Waals surface area contributed by atoms with Crippen molar-refractivity contribution in [2.75, 3.05) is 16.9 Å². The lowest BCUT2D eigenvalue weighted by molar-refractivity contribution is -0.137. The molecule has 1 amide bonds. The van der Waals surface area contributed by atoms with Crippen molar-refractivity contribution in [1.29, 1.82) is 0 Å². The van der Waals surface area contributed by atoms with Crippen molar-refractivity contribution in [2.24, 2.45) is 0 Å². The van der Waals surface area contributed by atoms with Crippen LogP contribution in [0.2, 0.25) is 0 Å². The summed E-state index contributed by atoms with van der Waals surface area (Å²) in [5, 5.41) is 5.58. The van der Waals surface area contributed by atoms with Crippen molar-refractivity contribution in [3.05, 3.63) is 83.4 Å². The Bertz CT molecular complexity index is 1310. The van der Waals surface area contributed by atoms with Gasteiger partial charge in [-0.25, -0.2) is 8.42 Å². The molecule has 0 bridgehead atoms. The molecule has 6 nitrogen and oxygen atoms in total. The first-order valence-electron chi connectivity index (χ1n) is 9.62. The molecule has 3 aromatic carbocycles. The molecule has 0 radical (unpaired) electrons. The Morgan fingerprint density at radius 2 is 1.76 bits per heavy atom. The van der Waals surface area contributed by atoms with Gasteiger partial charge in [0.2, 0.25) is 10.0 Å². The molecule has 3 aromatic rings. The molecular formula is C22H18F3N3O3S2. The normalized spacial score (nSPS) is 17.0. The first kappa shape index (κ1) is 23.1. The van der Waals surface area contributed by atoms with Crippen molar-refractivity contribution in [3.63, 3.8) is 0 Å². The van der Waals surface area contributed by atoms with E-state index in [-0.39, 0.29) is 16.5 Å². The third-order valence-electron chi connectivity index (χ3n) is 5.00. The van der Waals surface area contributed by atoms with Gasteiger partial charge in [0.05, 0.1) is 11.3 Å². The van der Waals surface area contributed by atoms with Gasteiger partial charge in [0.25, 0.3) is 5.91 Å². The molecule has 0 unspecified atom stereocenters. The van der Waals surface area contributed by atoms with Gasteiger partial charge in [-0.15, -0.1) is 11.8 Å². The quantitative estimate of drug-likeness (QED) is 0.441. The standard InChI is InChI=1S/C22H18F3N3O3S2/c1-32-17-4-2-3-16(12-17)26-21(29)14-7-5-13(6-8-14)20-27-18-11-15(22(23,24)25)9-10-19(18)33(30,31)28-20/h2-12,20,27-28H,1H3,(H,26,29)/t20-/m1/s1. The van der Waals surface area contributed by atoms with Gasteiger partial charge in [0.1, 0.15) is 11.1 Å². The lowest BCUT2D eigenvalue weighted by Gasteiger charge is -2.29. The molecule has 11 heteroatoms.